The van der Waals surface area contributed by atoms with Crippen LogP contribution < -0.4 is 10.5 Å². The zero-order chi connectivity index (χ0) is 23.6. The Bertz CT molecular complexity index is 879. The van der Waals surface area contributed by atoms with Gasteiger partial charge in [-0.25, -0.2) is 4.57 Å². The Morgan fingerprint density at radius 2 is 1.78 bits per heavy atom. The molecule has 1 unspecified atom stereocenters. The van der Waals surface area contributed by atoms with E-state index in [4.69, 9.17) is 15.0 Å². The van der Waals surface area contributed by atoms with Gasteiger partial charge < -0.3 is 15.6 Å². The van der Waals surface area contributed by atoms with Gasteiger partial charge in [0.25, 0.3) is 0 Å². The molecular weight excluding hydrogens is 442 g/mol. The third-order valence-electron chi connectivity index (χ3n) is 5.25. The minimum absolute atomic E-state index is 0.160. The molecule has 3 N–H and O–H groups in total. The highest BCUT2D eigenvalue weighted by atomic mass is 31.1. The summed E-state index contributed by atoms with van der Waals surface area (Å²) in [5.74, 6) is -0.210. The topological polar surface area (TPSA) is 81.8 Å². The van der Waals surface area contributed by atoms with E-state index in [-0.39, 0.29) is 31.8 Å². The van der Waals surface area contributed by atoms with E-state index in [0.717, 1.165) is 24.5 Å². The first-order valence-corrected chi connectivity index (χ1v) is 11.2. The van der Waals surface area contributed by atoms with E-state index in [1.807, 2.05) is 18.2 Å². The number of ether oxygens (including phenoxy) is 1. The average Bonchev–Trinajstić information content (AvgIpc) is 2.79. The second-order valence-electron chi connectivity index (χ2n) is 7.82. The minimum atomic E-state index is -4.57. The maximum Gasteiger partial charge on any atom is 0.419 e. The predicted molar refractivity (Wildman–Crippen MR) is 117 cm³/mol. The van der Waals surface area contributed by atoms with Gasteiger partial charge in [0.2, 0.25) is 0 Å². The molecule has 2 rings (SSSR count). The van der Waals surface area contributed by atoms with Crippen molar-refractivity contribution in [2.75, 3.05) is 19.8 Å². The molecule has 0 amide bonds. The Morgan fingerprint density at radius 3 is 2.44 bits per heavy atom. The fourth-order valence-corrected chi connectivity index (χ4v) is 3.60. The molecule has 0 bridgehead atoms. The highest BCUT2D eigenvalue weighted by Gasteiger charge is 2.35. The summed E-state index contributed by atoms with van der Waals surface area (Å²) in [4.78, 5) is 0. The lowest BCUT2D eigenvalue weighted by molar-refractivity contribution is -0.139. The van der Waals surface area contributed by atoms with Crippen LogP contribution in [0.25, 0.3) is 0 Å². The summed E-state index contributed by atoms with van der Waals surface area (Å²) in [7, 11) is -0.573. The van der Waals surface area contributed by atoms with Crippen LogP contribution in [0.15, 0.2) is 42.5 Å². The van der Waals surface area contributed by atoms with E-state index in [0.29, 0.717) is 12.0 Å². The largest absolute Gasteiger partial charge is 0.493 e. The molecule has 2 aromatic rings. The van der Waals surface area contributed by atoms with Crippen LogP contribution in [0.5, 0.6) is 5.75 Å². The van der Waals surface area contributed by atoms with Crippen LogP contribution in [-0.4, -0.2) is 30.5 Å². The van der Waals surface area contributed by atoms with Crippen molar-refractivity contribution < 1.29 is 32.1 Å². The van der Waals surface area contributed by atoms with Gasteiger partial charge in [-0.3, -0.25) is 4.52 Å². The van der Waals surface area contributed by atoms with E-state index in [9.17, 15) is 22.8 Å². The van der Waals surface area contributed by atoms with Gasteiger partial charge in [-0.1, -0.05) is 37.3 Å². The van der Waals surface area contributed by atoms with Crippen LogP contribution in [0, 0.1) is 0 Å². The third-order valence-corrected chi connectivity index (χ3v) is 5.48. The molecule has 0 saturated carbocycles. The first-order chi connectivity index (χ1) is 15.2. The lowest BCUT2D eigenvalue weighted by Crippen LogP contribution is -2.47. The van der Waals surface area contributed by atoms with E-state index in [2.05, 4.69) is 13.0 Å². The van der Waals surface area contributed by atoms with E-state index < -0.39 is 32.6 Å². The number of hydrogen-bond acceptors (Lipinski definition) is 5. The van der Waals surface area contributed by atoms with Crippen molar-refractivity contribution in [1.29, 1.82) is 0 Å². The summed E-state index contributed by atoms with van der Waals surface area (Å²) < 4.78 is 61.4. The standard InChI is InChI=1S/C23H29F3NO4P/c1-2-17-5-3-6-18(13-17)7-4-12-30-21-9-8-19(14-20(21)23(24,25)26)10-11-22(27,15-28)16-31-32-29/h3,5-6,8-9,13-14,28H,2,4,7,10-12,15-16,27H2,1H3. The Kier molecular flexibility index (Phi) is 10.1. The molecule has 0 aliphatic rings. The van der Waals surface area contributed by atoms with Crippen molar-refractivity contribution in [1.82, 2.24) is 0 Å². The summed E-state index contributed by atoms with van der Waals surface area (Å²) in [6.07, 6.45) is -1.97. The summed E-state index contributed by atoms with van der Waals surface area (Å²) in [5, 5.41) is 9.44. The zero-order valence-electron chi connectivity index (χ0n) is 18.0. The second kappa shape index (κ2) is 12.3. The quantitative estimate of drug-likeness (QED) is 0.313. The van der Waals surface area contributed by atoms with Gasteiger partial charge in [-0.2, -0.15) is 13.2 Å². The van der Waals surface area contributed by atoms with Crippen molar-refractivity contribution in [3.05, 3.63) is 64.7 Å². The maximum absolute atomic E-state index is 13.6. The molecule has 5 nitrogen and oxygen atoms in total. The number of hydrogen-bond donors (Lipinski definition) is 2. The van der Waals surface area contributed by atoms with Gasteiger partial charge in [0, 0.05) is 0 Å². The smallest absolute Gasteiger partial charge is 0.419 e. The summed E-state index contributed by atoms with van der Waals surface area (Å²) in [6, 6.07) is 12.0. The van der Waals surface area contributed by atoms with Gasteiger partial charge >= 0.3 is 14.9 Å². The molecular formula is C23H29F3NO4P. The Balaban J connectivity index is 2.01. The molecule has 0 aliphatic carbocycles. The SMILES string of the molecule is CCc1cccc(CCCOc2ccc(CCC(N)(CO)COP=O)cc2C(F)(F)F)c1. The predicted octanol–water partition coefficient (Wildman–Crippen LogP) is 5.13. The van der Waals surface area contributed by atoms with Crippen molar-refractivity contribution in [3.8, 4) is 5.75 Å². The number of nitrogens with two attached hydrogens (primary N) is 1. The second-order valence-corrected chi connectivity index (χ2v) is 8.23. The Labute approximate surface area is 188 Å². The summed E-state index contributed by atoms with van der Waals surface area (Å²) >= 11 is 0. The van der Waals surface area contributed by atoms with Crippen molar-refractivity contribution in [3.63, 3.8) is 0 Å². The number of benzene rings is 2. The Morgan fingerprint density at radius 1 is 1.06 bits per heavy atom. The van der Waals surface area contributed by atoms with Gasteiger partial charge in [0.1, 0.15) is 5.75 Å². The van der Waals surface area contributed by atoms with E-state index in [1.54, 1.807) is 6.07 Å². The summed E-state index contributed by atoms with van der Waals surface area (Å²) in [6.45, 7) is 1.61. The van der Waals surface area contributed by atoms with Gasteiger partial charge in [-0.15, -0.1) is 0 Å². The molecule has 176 valence electrons. The van der Waals surface area contributed by atoms with Crippen molar-refractivity contribution >= 4 is 8.69 Å². The molecule has 0 saturated heterocycles. The van der Waals surface area contributed by atoms with E-state index in [1.165, 1.54) is 11.6 Å². The summed E-state index contributed by atoms with van der Waals surface area (Å²) in [5.41, 5.74) is 6.69. The number of aliphatic hydroxyl groups excluding tert-OH is 1. The Hall–Kier alpha value is -1.99. The molecule has 1 atom stereocenters. The maximum atomic E-state index is 13.6. The highest BCUT2D eigenvalue weighted by Crippen LogP contribution is 2.37. The fourth-order valence-electron chi connectivity index (χ4n) is 3.29. The van der Waals surface area contributed by atoms with Crippen LogP contribution >= 0.6 is 8.69 Å². The van der Waals surface area contributed by atoms with Crippen LogP contribution in [0.3, 0.4) is 0 Å². The average molecular weight is 471 g/mol. The highest BCUT2D eigenvalue weighted by molar-refractivity contribution is 7.17. The first kappa shape index (κ1) is 26.3. The van der Waals surface area contributed by atoms with Crippen LogP contribution in [-0.2, 0) is 34.5 Å². The minimum Gasteiger partial charge on any atom is -0.493 e. The normalized spacial score (nSPS) is 13.8. The van der Waals surface area contributed by atoms with E-state index >= 15 is 0 Å². The molecule has 0 aliphatic heterocycles. The third kappa shape index (κ3) is 8.17. The molecule has 9 heteroatoms. The van der Waals surface area contributed by atoms with Crippen LogP contribution in [0.4, 0.5) is 13.2 Å². The van der Waals surface area contributed by atoms with Gasteiger partial charge in [0.15, 0.2) is 0 Å². The first-order valence-electron chi connectivity index (χ1n) is 10.5. The lowest BCUT2D eigenvalue weighted by Gasteiger charge is -2.25. The number of rotatable bonds is 13. The molecule has 0 aromatic heterocycles. The van der Waals surface area contributed by atoms with Crippen molar-refractivity contribution in [2.45, 2.75) is 50.7 Å². The fraction of sp³-hybridized carbons (Fsp3) is 0.478. The monoisotopic (exact) mass is 471 g/mol. The molecule has 0 heterocycles. The molecule has 0 fully saturated rings. The zero-order valence-corrected chi connectivity index (χ0v) is 18.9. The number of aliphatic hydroxyl groups is 1. The van der Waals surface area contributed by atoms with Crippen molar-refractivity contribution in [2.24, 2.45) is 5.73 Å². The molecule has 0 spiro atoms. The molecule has 2 aromatic carbocycles. The number of halogens is 3. The number of aryl methyl sites for hydroxylation is 3. The molecule has 32 heavy (non-hydrogen) atoms. The van der Waals surface area contributed by atoms with Crippen LogP contribution in [0.2, 0.25) is 0 Å². The lowest BCUT2D eigenvalue weighted by atomic mass is 9.93. The van der Waals surface area contributed by atoms with Gasteiger partial charge in [-0.05, 0) is 60.9 Å². The number of alkyl halides is 3. The molecule has 0 radical (unpaired) electrons. The van der Waals surface area contributed by atoms with Crippen LogP contribution in [0.1, 0.15) is 42.0 Å². The van der Waals surface area contributed by atoms with Gasteiger partial charge in [0.05, 0.1) is 30.9 Å².